The number of piperidine rings is 1. The molecule has 0 aromatic heterocycles. The van der Waals surface area contributed by atoms with Crippen molar-refractivity contribution in [3.63, 3.8) is 0 Å². The van der Waals surface area contributed by atoms with Crippen LogP contribution in [0.2, 0.25) is 0 Å². The van der Waals surface area contributed by atoms with Crippen molar-refractivity contribution in [1.82, 2.24) is 9.62 Å². The van der Waals surface area contributed by atoms with Gasteiger partial charge in [-0.15, -0.1) is 0 Å². The van der Waals surface area contributed by atoms with Crippen LogP contribution in [-0.2, 0) is 21.2 Å². The number of hydrogen-bond acceptors (Lipinski definition) is 5. The molecule has 0 bridgehead atoms. The van der Waals surface area contributed by atoms with Crippen molar-refractivity contribution in [3.8, 4) is 11.5 Å². The van der Waals surface area contributed by atoms with Crippen LogP contribution in [0.1, 0.15) is 24.8 Å². The molecule has 0 aliphatic carbocycles. The van der Waals surface area contributed by atoms with Gasteiger partial charge in [0.25, 0.3) is 0 Å². The van der Waals surface area contributed by atoms with E-state index >= 15 is 0 Å². The molecule has 1 heterocycles. The highest BCUT2D eigenvalue weighted by Gasteiger charge is 2.33. The SMILES string of the molecule is COc1ccc(CCCNC(=O)C2CCCN(S(=O)(=O)c3ccccc3)C2)cc1OC. The van der Waals surface area contributed by atoms with Crippen LogP contribution in [0.4, 0.5) is 0 Å². The lowest BCUT2D eigenvalue weighted by Crippen LogP contribution is -2.45. The van der Waals surface area contributed by atoms with Gasteiger partial charge in [0.2, 0.25) is 15.9 Å². The second kappa shape index (κ2) is 10.6. The molecule has 0 saturated carbocycles. The standard InChI is InChI=1S/C23H30N2O5S/c1-29-21-13-12-18(16-22(21)30-2)8-6-14-24-23(26)19-9-7-15-25(17-19)31(27,28)20-10-4-3-5-11-20/h3-5,10-13,16,19H,6-9,14-15,17H2,1-2H3,(H,24,26). The number of methoxy groups -OCH3 is 2. The second-order valence-corrected chi connectivity index (χ2v) is 9.54. The summed E-state index contributed by atoms with van der Waals surface area (Å²) in [6.45, 7) is 1.20. The normalized spacial score (nSPS) is 17.2. The molecule has 1 aliphatic heterocycles. The average Bonchev–Trinajstić information content (AvgIpc) is 2.82. The molecule has 3 rings (SSSR count). The Morgan fingerprint density at radius 1 is 1.10 bits per heavy atom. The van der Waals surface area contributed by atoms with Crippen LogP contribution in [0.15, 0.2) is 53.4 Å². The summed E-state index contributed by atoms with van der Waals surface area (Å²) in [7, 11) is -0.365. The fourth-order valence-corrected chi connectivity index (χ4v) is 5.35. The summed E-state index contributed by atoms with van der Waals surface area (Å²) in [5.74, 6) is 0.964. The summed E-state index contributed by atoms with van der Waals surface area (Å²) < 4.78 is 37.7. The summed E-state index contributed by atoms with van der Waals surface area (Å²) >= 11 is 0. The number of hydrogen-bond donors (Lipinski definition) is 1. The van der Waals surface area contributed by atoms with E-state index in [0.717, 1.165) is 18.4 Å². The highest BCUT2D eigenvalue weighted by atomic mass is 32.2. The molecule has 7 nitrogen and oxygen atoms in total. The van der Waals surface area contributed by atoms with Gasteiger partial charge in [-0.05, 0) is 55.5 Å². The van der Waals surface area contributed by atoms with Crippen LogP contribution in [-0.4, -0.2) is 52.5 Å². The number of rotatable bonds is 9. The zero-order valence-electron chi connectivity index (χ0n) is 18.0. The zero-order chi connectivity index (χ0) is 22.3. The van der Waals surface area contributed by atoms with Gasteiger partial charge >= 0.3 is 0 Å². The molecular weight excluding hydrogens is 416 g/mol. The maximum absolute atomic E-state index is 12.8. The maximum Gasteiger partial charge on any atom is 0.243 e. The van der Waals surface area contributed by atoms with Gasteiger partial charge in [0, 0.05) is 19.6 Å². The van der Waals surface area contributed by atoms with E-state index in [1.165, 1.54) is 4.31 Å². The Kier molecular flexibility index (Phi) is 7.92. The van der Waals surface area contributed by atoms with Crippen LogP contribution in [0.25, 0.3) is 0 Å². The predicted molar refractivity (Wildman–Crippen MR) is 119 cm³/mol. The molecule has 1 atom stereocenters. The lowest BCUT2D eigenvalue weighted by atomic mass is 9.99. The van der Waals surface area contributed by atoms with Crippen molar-refractivity contribution < 1.29 is 22.7 Å². The first kappa shape index (κ1) is 23.1. The van der Waals surface area contributed by atoms with Crippen molar-refractivity contribution in [1.29, 1.82) is 0 Å². The molecule has 1 saturated heterocycles. The summed E-state index contributed by atoms with van der Waals surface area (Å²) in [5, 5.41) is 2.97. The Morgan fingerprint density at radius 3 is 2.55 bits per heavy atom. The van der Waals surface area contributed by atoms with Gasteiger partial charge in [-0.2, -0.15) is 4.31 Å². The quantitative estimate of drug-likeness (QED) is 0.599. The minimum atomic E-state index is -3.57. The number of nitrogens with zero attached hydrogens (tertiary/aromatic N) is 1. The molecule has 1 fully saturated rings. The van der Waals surface area contributed by atoms with Gasteiger partial charge in [0.1, 0.15) is 0 Å². The van der Waals surface area contributed by atoms with E-state index in [9.17, 15) is 13.2 Å². The van der Waals surface area contributed by atoms with Gasteiger partial charge in [-0.25, -0.2) is 8.42 Å². The minimum Gasteiger partial charge on any atom is -0.493 e. The number of carbonyl (C=O) groups excluding carboxylic acids is 1. The fourth-order valence-electron chi connectivity index (χ4n) is 3.80. The number of benzene rings is 2. The number of sulfonamides is 1. The van der Waals surface area contributed by atoms with Crippen LogP contribution in [0.3, 0.4) is 0 Å². The molecule has 0 spiro atoms. The number of ether oxygens (including phenoxy) is 2. The van der Waals surface area contributed by atoms with E-state index in [1.807, 2.05) is 18.2 Å². The van der Waals surface area contributed by atoms with Gasteiger partial charge in [0.05, 0.1) is 25.0 Å². The van der Waals surface area contributed by atoms with E-state index in [0.29, 0.717) is 37.4 Å². The topological polar surface area (TPSA) is 84.9 Å². The van der Waals surface area contributed by atoms with Crippen molar-refractivity contribution in [2.24, 2.45) is 5.92 Å². The van der Waals surface area contributed by atoms with Crippen LogP contribution >= 0.6 is 0 Å². The average molecular weight is 447 g/mol. The van der Waals surface area contributed by atoms with E-state index in [1.54, 1.807) is 44.6 Å². The van der Waals surface area contributed by atoms with Crippen LogP contribution < -0.4 is 14.8 Å². The second-order valence-electron chi connectivity index (χ2n) is 7.60. The predicted octanol–water partition coefficient (Wildman–Crippen LogP) is 2.85. The third-order valence-electron chi connectivity index (χ3n) is 5.53. The maximum atomic E-state index is 12.8. The minimum absolute atomic E-state index is 0.0831. The van der Waals surface area contributed by atoms with E-state index < -0.39 is 10.0 Å². The first-order valence-electron chi connectivity index (χ1n) is 10.5. The molecular formula is C23H30N2O5S. The van der Waals surface area contributed by atoms with Crippen molar-refractivity contribution >= 4 is 15.9 Å². The van der Waals surface area contributed by atoms with Crippen LogP contribution in [0.5, 0.6) is 11.5 Å². The van der Waals surface area contributed by atoms with E-state index in [2.05, 4.69) is 5.32 Å². The van der Waals surface area contributed by atoms with E-state index in [4.69, 9.17) is 9.47 Å². The highest BCUT2D eigenvalue weighted by molar-refractivity contribution is 7.89. The number of amides is 1. The molecule has 31 heavy (non-hydrogen) atoms. The third kappa shape index (κ3) is 5.77. The van der Waals surface area contributed by atoms with Gasteiger partial charge in [0.15, 0.2) is 11.5 Å². The van der Waals surface area contributed by atoms with Crippen molar-refractivity contribution in [2.45, 2.75) is 30.6 Å². The molecule has 2 aromatic rings. The first-order valence-corrected chi connectivity index (χ1v) is 11.9. The van der Waals surface area contributed by atoms with Crippen LogP contribution in [0, 0.1) is 5.92 Å². The molecule has 0 radical (unpaired) electrons. The molecule has 168 valence electrons. The molecule has 1 amide bonds. The number of aryl methyl sites for hydroxylation is 1. The number of nitrogens with one attached hydrogen (secondary N) is 1. The zero-order valence-corrected chi connectivity index (χ0v) is 18.9. The van der Waals surface area contributed by atoms with Gasteiger partial charge in [-0.3, -0.25) is 4.79 Å². The Morgan fingerprint density at radius 2 is 1.84 bits per heavy atom. The molecule has 2 aromatic carbocycles. The summed E-state index contributed by atoms with van der Waals surface area (Å²) in [6, 6.07) is 14.2. The van der Waals surface area contributed by atoms with Gasteiger partial charge < -0.3 is 14.8 Å². The largest absolute Gasteiger partial charge is 0.493 e. The highest BCUT2D eigenvalue weighted by Crippen LogP contribution is 2.28. The van der Waals surface area contributed by atoms with Gasteiger partial charge in [-0.1, -0.05) is 24.3 Å². The Balaban J connectivity index is 1.49. The summed E-state index contributed by atoms with van der Waals surface area (Å²) in [6.07, 6.45) is 2.94. The fraction of sp³-hybridized carbons (Fsp3) is 0.435. The molecule has 8 heteroatoms. The van der Waals surface area contributed by atoms with Crippen molar-refractivity contribution in [2.75, 3.05) is 33.9 Å². The lowest BCUT2D eigenvalue weighted by molar-refractivity contribution is -0.126. The molecule has 1 aliphatic rings. The third-order valence-corrected chi connectivity index (χ3v) is 7.40. The molecule has 1 N–H and O–H groups in total. The van der Waals surface area contributed by atoms with E-state index in [-0.39, 0.29) is 23.3 Å². The number of carbonyl (C=O) groups is 1. The summed E-state index contributed by atoms with van der Waals surface area (Å²) in [5.41, 5.74) is 1.10. The lowest BCUT2D eigenvalue weighted by Gasteiger charge is -2.31. The first-order chi connectivity index (χ1) is 15.0. The Hall–Kier alpha value is -2.58. The monoisotopic (exact) mass is 446 g/mol. The Bertz CT molecular complexity index is 979. The smallest absolute Gasteiger partial charge is 0.243 e. The van der Waals surface area contributed by atoms with Crippen molar-refractivity contribution in [3.05, 3.63) is 54.1 Å². The molecule has 1 unspecified atom stereocenters. The Labute approximate surface area is 184 Å². The summed E-state index contributed by atoms with van der Waals surface area (Å²) in [4.78, 5) is 12.9.